The molecule has 0 aliphatic carbocycles. The average molecular weight is 400 g/mol. The molecule has 25 heavy (non-hydrogen) atoms. The van der Waals surface area contributed by atoms with Crippen LogP contribution in [0.4, 0.5) is 5.69 Å². The van der Waals surface area contributed by atoms with Crippen molar-refractivity contribution in [1.29, 1.82) is 0 Å². The summed E-state index contributed by atoms with van der Waals surface area (Å²) in [6.07, 6.45) is 1.24. The van der Waals surface area contributed by atoms with Gasteiger partial charge in [0.25, 0.3) is 5.56 Å². The summed E-state index contributed by atoms with van der Waals surface area (Å²) in [5.74, 6) is -0.459. The largest absolute Gasteiger partial charge is 0.493 e. The van der Waals surface area contributed by atoms with E-state index in [0.29, 0.717) is 11.4 Å². The Morgan fingerprint density at radius 2 is 1.80 bits per heavy atom. The Morgan fingerprint density at radius 3 is 2.52 bits per heavy atom. The summed E-state index contributed by atoms with van der Waals surface area (Å²) in [7, 11) is 0. The van der Waals surface area contributed by atoms with Gasteiger partial charge in [0.1, 0.15) is 5.56 Å². The van der Waals surface area contributed by atoms with Crippen molar-refractivity contribution in [3.63, 3.8) is 0 Å². The van der Waals surface area contributed by atoms with E-state index in [1.165, 1.54) is 6.21 Å². The van der Waals surface area contributed by atoms with Gasteiger partial charge in [-0.1, -0.05) is 30.3 Å². The molecule has 126 valence electrons. The maximum absolute atomic E-state index is 12.2. The number of para-hydroxylation sites is 2. The van der Waals surface area contributed by atoms with Crippen molar-refractivity contribution in [2.24, 2.45) is 4.99 Å². The summed E-state index contributed by atoms with van der Waals surface area (Å²) in [6, 6.07) is 14.3. The van der Waals surface area contributed by atoms with E-state index in [4.69, 9.17) is 0 Å². The Labute approximate surface area is 151 Å². The monoisotopic (exact) mass is 399 g/mol. The lowest BCUT2D eigenvalue weighted by molar-refractivity contribution is 0.430. The molecule has 0 radical (unpaired) electrons. The van der Waals surface area contributed by atoms with Crippen LogP contribution in [0, 0.1) is 6.92 Å². The Morgan fingerprint density at radius 1 is 1.12 bits per heavy atom. The van der Waals surface area contributed by atoms with Crippen LogP contribution >= 0.6 is 15.9 Å². The SMILES string of the molecule is Cc1ccccc1-n1c(O)c(C=Nc2ccccc2Br)c(=O)[nH]c1=O. The van der Waals surface area contributed by atoms with E-state index >= 15 is 0 Å². The van der Waals surface area contributed by atoms with Crippen molar-refractivity contribution in [3.8, 4) is 11.6 Å². The fourth-order valence-corrected chi connectivity index (χ4v) is 2.77. The minimum absolute atomic E-state index is 0.0985. The second kappa shape index (κ2) is 6.90. The van der Waals surface area contributed by atoms with Crippen LogP contribution in [0.5, 0.6) is 5.88 Å². The van der Waals surface area contributed by atoms with Crippen LogP contribution < -0.4 is 11.2 Å². The first kappa shape index (κ1) is 16.9. The van der Waals surface area contributed by atoms with Gasteiger partial charge in [-0.3, -0.25) is 14.8 Å². The molecule has 0 spiro atoms. The third-order valence-electron chi connectivity index (χ3n) is 3.66. The number of aromatic hydroxyl groups is 1. The number of aliphatic imine (C=N–C) groups is 1. The molecule has 0 aliphatic rings. The lowest BCUT2D eigenvalue weighted by Crippen LogP contribution is -2.31. The number of aryl methyl sites for hydroxylation is 1. The number of hydrogen-bond acceptors (Lipinski definition) is 4. The molecule has 0 fully saturated rings. The van der Waals surface area contributed by atoms with Crippen LogP contribution in [0.15, 0.2) is 67.6 Å². The molecule has 3 rings (SSSR count). The van der Waals surface area contributed by atoms with E-state index in [9.17, 15) is 14.7 Å². The van der Waals surface area contributed by atoms with Gasteiger partial charge >= 0.3 is 5.69 Å². The first-order valence-corrected chi connectivity index (χ1v) is 8.21. The summed E-state index contributed by atoms with van der Waals surface area (Å²) in [5.41, 5.74) is 0.337. The van der Waals surface area contributed by atoms with Gasteiger partial charge in [0.05, 0.1) is 11.4 Å². The van der Waals surface area contributed by atoms with Crippen LogP contribution in [0.25, 0.3) is 5.69 Å². The van der Waals surface area contributed by atoms with Crippen molar-refractivity contribution >= 4 is 27.8 Å². The van der Waals surface area contributed by atoms with Crippen molar-refractivity contribution < 1.29 is 5.11 Å². The predicted molar refractivity (Wildman–Crippen MR) is 100 cm³/mol. The van der Waals surface area contributed by atoms with Gasteiger partial charge in [-0.15, -0.1) is 0 Å². The number of hydrogen-bond donors (Lipinski definition) is 2. The molecule has 1 heterocycles. The van der Waals surface area contributed by atoms with Crippen molar-refractivity contribution in [2.75, 3.05) is 0 Å². The quantitative estimate of drug-likeness (QED) is 0.663. The van der Waals surface area contributed by atoms with E-state index < -0.39 is 17.1 Å². The Bertz CT molecular complexity index is 1080. The first-order valence-electron chi connectivity index (χ1n) is 7.42. The van der Waals surface area contributed by atoms with Gasteiger partial charge in [-0.2, -0.15) is 0 Å². The summed E-state index contributed by atoms with van der Waals surface area (Å²) in [5, 5.41) is 10.5. The highest BCUT2D eigenvalue weighted by atomic mass is 79.9. The summed E-state index contributed by atoms with van der Waals surface area (Å²) >= 11 is 3.36. The molecule has 6 nitrogen and oxygen atoms in total. The van der Waals surface area contributed by atoms with Gasteiger partial charge < -0.3 is 5.11 Å². The molecule has 0 bridgehead atoms. The highest BCUT2D eigenvalue weighted by Gasteiger charge is 2.15. The number of nitrogens with one attached hydrogen (secondary N) is 1. The van der Waals surface area contributed by atoms with E-state index in [0.717, 1.165) is 14.6 Å². The predicted octanol–water partition coefficient (Wildman–Crippen LogP) is 3.05. The van der Waals surface area contributed by atoms with Crippen LogP contribution in [0.2, 0.25) is 0 Å². The number of halogens is 1. The topological polar surface area (TPSA) is 87.4 Å². The molecular formula is C18H14BrN3O3. The molecule has 3 aromatic rings. The lowest BCUT2D eigenvalue weighted by Gasteiger charge is -2.11. The normalized spacial score (nSPS) is 11.1. The molecule has 0 unspecified atom stereocenters. The molecular weight excluding hydrogens is 386 g/mol. The van der Waals surface area contributed by atoms with Gasteiger partial charge in [-0.05, 0) is 46.6 Å². The highest BCUT2D eigenvalue weighted by molar-refractivity contribution is 9.10. The van der Waals surface area contributed by atoms with Gasteiger partial charge in [0.2, 0.25) is 5.88 Å². The minimum atomic E-state index is -0.713. The molecule has 2 N–H and O–H groups in total. The molecule has 1 aromatic heterocycles. The third-order valence-corrected chi connectivity index (χ3v) is 4.33. The molecule has 0 aliphatic heterocycles. The summed E-state index contributed by atoms with van der Waals surface area (Å²) < 4.78 is 1.80. The van der Waals surface area contributed by atoms with Crippen molar-refractivity contribution in [2.45, 2.75) is 6.92 Å². The molecule has 7 heteroatoms. The van der Waals surface area contributed by atoms with Crippen LogP contribution in [-0.2, 0) is 0 Å². The first-order chi connectivity index (χ1) is 12.0. The maximum Gasteiger partial charge on any atom is 0.335 e. The zero-order valence-corrected chi connectivity index (χ0v) is 14.8. The second-order valence-electron chi connectivity index (χ2n) is 5.33. The number of aromatic amines is 1. The summed E-state index contributed by atoms with van der Waals surface area (Å²) in [6.45, 7) is 1.81. The number of benzene rings is 2. The number of nitrogens with zero attached hydrogens (tertiary/aromatic N) is 2. The van der Waals surface area contributed by atoms with Crippen LogP contribution in [-0.4, -0.2) is 20.9 Å². The fourth-order valence-electron chi connectivity index (χ4n) is 2.38. The Balaban J connectivity index is 2.18. The number of aromatic nitrogens is 2. The highest BCUT2D eigenvalue weighted by Crippen LogP contribution is 2.25. The van der Waals surface area contributed by atoms with E-state index in [1.54, 1.807) is 37.3 Å². The average Bonchev–Trinajstić information content (AvgIpc) is 2.57. The van der Waals surface area contributed by atoms with Gasteiger partial charge in [-0.25, -0.2) is 9.36 Å². The number of H-pyrrole nitrogens is 1. The smallest absolute Gasteiger partial charge is 0.335 e. The van der Waals surface area contributed by atoms with Gasteiger partial charge in [0.15, 0.2) is 0 Å². The molecule has 0 atom stereocenters. The van der Waals surface area contributed by atoms with Crippen molar-refractivity contribution in [1.82, 2.24) is 9.55 Å². The third kappa shape index (κ3) is 3.32. The maximum atomic E-state index is 12.2. The molecule has 2 aromatic carbocycles. The van der Waals surface area contributed by atoms with Crippen LogP contribution in [0.1, 0.15) is 11.1 Å². The molecule has 0 saturated carbocycles. The zero-order chi connectivity index (χ0) is 18.0. The number of rotatable bonds is 3. The Kier molecular flexibility index (Phi) is 4.67. The minimum Gasteiger partial charge on any atom is -0.493 e. The zero-order valence-electron chi connectivity index (χ0n) is 13.2. The second-order valence-corrected chi connectivity index (χ2v) is 6.18. The van der Waals surface area contributed by atoms with Gasteiger partial charge in [0, 0.05) is 10.7 Å². The molecule has 0 saturated heterocycles. The van der Waals surface area contributed by atoms with Crippen LogP contribution in [0.3, 0.4) is 0 Å². The molecule has 0 amide bonds. The van der Waals surface area contributed by atoms with E-state index in [-0.39, 0.29) is 5.56 Å². The van der Waals surface area contributed by atoms with Crippen molar-refractivity contribution in [3.05, 3.63) is 85.0 Å². The lowest BCUT2D eigenvalue weighted by atomic mass is 10.2. The summed E-state index contributed by atoms with van der Waals surface area (Å²) in [4.78, 5) is 30.7. The van der Waals surface area contributed by atoms with E-state index in [1.807, 2.05) is 18.2 Å². The fraction of sp³-hybridized carbons (Fsp3) is 0.0556. The van der Waals surface area contributed by atoms with E-state index in [2.05, 4.69) is 25.9 Å². The standard InChI is InChI=1S/C18H14BrN3O3/c1-11-6-2-5-9-15(11)22-17(24)12(16(23)21-18(22)25)10-20-14-8-4-3-7-13(14)19/h2-10,24H,1H3,(H,21,23,25). The Hall–Kier alpha value is -2.93.